The van der Waals surface area contributed by atoms with Gasteiger partial charge in [0.05, 0.1) is 5.56 Å². The molecule has 1 fully saturated rings. The maximum absolute atomic E-state index is 12.9. The molecule has 134 valence electrons. The van der Waals surface area contributed by atoms with Gasteiger partial charge in [0.2, 0.25) is 0 Å². The van der Waals surface area contributed by atoms with E-state index >= 15 is 0 Å². The number of nitrogens with zero attached hydrogens (tertiary/aromatic N) is 4. The number of aromatic nitrogens is 3. The largest absolute Gasteiger partial charge is 0.479 e. The lowest BCUT2D eigenvalue weighted by atomic mass is 9.87. The number of hydrogen-bond donors (Lipinski definition) is 1. The summed E-state index contributed by atoms with van der Waals surface area (Å²) in [6, 6.07) is 3.65. The van der Waals surface area contributed by atoms with E-state index in [1.807, 2.05) is 19.9 Å². The number of rotatable bonds is 4. The van der Waals surface area contributed by atoms with Gasteiger partial charge in [0, 0.05) is 56.3 Å². The van der Waals surface area contributed by atoms with Gasteiger partial charge in [-0.2, -0.15) is 5.10 Å². The minimum atomic E-state index is -1.07. The van der Waals surface area contributed by atoms with E-state index in [1.54, 1.807) is 23.4 Å². The molecule has 0 aromatic carbocycles. The van der Waals surface area contributed by atoms with Crippen molar-refractivity contribution in [1.29, 1.82) is 0 Å². The van der Waals surface area contributed by atoms with E-state index in [1.165, 1.54) is 4.68 Å². The van der Waals surface area contributed by atoms with Crippen molar-refractivity contribution in [2.75, 3.05) is 13.1 Å². The molecule has 0 atom stereocenters. The number of piperidine rings is 1. The van der Waals surface area contributed by atoms with Gasteiger partial charge in [0.25, 0.3) is 5.91 Å². The third-order valence-electron chi connectivity index (χ3n) is 5.34. The van der Waals surface area contributed by atoms with E-state index in [9.17, 15) is 14.7 Å². The summed E-state index contributed by atoms with van der Waals surface area (Å²) in [5.74, 6) is -0.917. The molecule has 1 saturated heterocycles. The summed E-state index contributed by atoms with van der Waals surface area (Å²) in [4.78, 5) is 26.6. The number of carboxylic acid groups (broad SMARTS) is 1. The van der Waals surface area contributed by atoms with Crippen molar-refractivity contribution in [3.8, 4) is 0 Å². The maximum Gasteiger partial charge on any atom is 0.331 e. The molecule has 0 aliphatic carbocycles. The van der Waals surface area contributed by atoms with Crippen LogP contribution in [0.3, 0.4) is 0 Å². The minimum Gasteiger partial charge on any atom is -0.479 e. The van der Waals surface area contributed by atoms with E-state index in [4.69, 9.17) is 0 Å². The van der Waals surface area contributed by atoms with E-state index in [2.05, 4.69) is 16.6 Å². The Morgan fingerprint density at radius 3 is 2.44 bits per heavy atom. The van der Waals surface area contributed by atoms with Gasteiger partial charge in [-0.15, -0.1) is 0 Å². The van der Waals surface area contributed by atoms with Crippen LogP contribution in [-0.4, -0.2) is 49.3 Å². The Hall–Kier alpha value is -2.57. The normalized spacial score (nSPS) is 16.8. The number of carboxylic acids is 1. The molecule has 25 heavy (non-hydrogen) atoms. The number of likely N-dealkylation sites (tertiary alicyclic amines) is 1. The quantitative estimate of drug-likeness (QED) is 0.920. The fourth-order valence-corrected chi connectivity index (χ4v) is 3.82. The van der Waals surface area contributed by atoms with Crippen molar-refractivity contribution in [3.63, 3.8) is 0 Å². The van der Waals surface area contributed by atoms with Crippen LogP contribution in [0.5, 0.6) is 0 Å². The van der Waals surface area contributed by atoms with Crippen molar-refractivity contribution >= 4 is 11.9 Å². The Bertz CT molecular complexity index is 784. The van der Waals surface area contributed by atoms with Gasteiger partial charge in [0.1, 0.15) is 0 Å². The highest BCUT2D eigenvalue weighted by Gasteiger charge is 2.45. The van der Waals surface area contributed by atoms with E-state index in [0.29, 0.717) is 31.5 Å². The van der Waals surface area contributed by atoms with Crippen molar-refractivity contribution in [2.45, 2.75) is 45.7 Å². The van der Waals surface area contributed by atoms with Crippen molar-refractivity contribution in [1.82, 2.24) is 19.2 Å². The van der Waals surface area contributed by atoms with Crippen LogP contribution in [0.4, 0.5) is 0 Å². The van der Waals surface area contributed by atoms with Crippen LogP contribution in [0, 0.1) is 13.8 Å². The fourth-order valence-electron chi connectivity index (χ4n) is 3.82. The Morgan fingerprint density at radius 1 is 1.28 bits per heavy atom. The van der Waals surface area contributed by atoms with Crippen LogP contribution in [0.2, 0.25) is 0 Å². The zero-order valence-electron chi connectivity index (χ0n) is 14.9. The minimum absolute atomic E-state index is 0.0211. The van der Waals surface area contributed by atoms with Crippen LogP contribution in [-0.2, 0) is 16.9 Å². The van der Waals surface area contributed by atoms with E-state index < -0.39 is 11.5 Å². The molecule has 0 bridgehead atoms. The number of hydrogen-bond acceptors (Lipinski definition) is 3. The molecular weight excluding hydrogens is 320 g/mol. The molecule has 2 aromatic heterocycles. The summed E-state index contributed by atoms with van der Waals surface area (Å²) >= 11 is 0. The molecule has 2 aromatic rings. The number of aliphatic carboxylic acids is 1. The zero-order chi connectivity index (χ0) is 18.2. The summed E-state index contributed by atoms with van der Waals surface area (Å²) in [7, 11) is 0. The smallest absolute Gasteiger partial charge is 0.331 e. The molecule has 0 unspecified atom stereocenters. The number of carbonyl (C=O) groups is 2. The number of aryl methyl sites for hydroxylation is 1. The molecule has 1 aliphatic rings. The molecule has 1 aliphatic heterocycles. The van der Waals surface area contributed by atoms with Gasteiger partial charge in [-0.3, -0.25) is 9.48 Å². The van der Waals surface area contributed by atoms with Crippen LogP contribution in [0.1, 0.15) is 41.5 Å². The molecule has 1 amide bonds. The predicted molar refractivity (Wildman–Crippen MR) is 92.6 cm³/mol. The first kappa shape index (κ1) is 17.3. The highest BCUT2D eigenvalue weighted by atomic mass is 16.4. The topological polar surface area (TPSA) is 80.4 Å². The maximum atomic E-state index is 12.9. The fraction of sp³-hybridized carbons (Fsp3) is 0.500. The first-order valence-electron chi connectivity index (χ1n) is 8.60. The van der Waals surface area contributed by atoms with Crippen molar-refractivity contribution < 1.29 is 14.7 Å². The molecule has 0 radical (unpaired) electrons. The number of amides is 1. The molecule has 3 heterocycles. The first-order valence-corrected chi connectivity index (χ1v) is 8.60. The van der Waals surface area contributed by atoms with Crippen LogP contribution >= 0.6 is 0 Å². The Morgan fingerprint density at radius 2 is 1.96 bits per heavy atom. The Labute approximate surface area is 146 Å². The summed E-state index contributed by atoms with van der Waals surface area (Å²) in [6.45, 7) is 7.64. The highest BCUT2D eigenvalue weighted by molar-refractivity contribution is 5.96. The average molecular weight is 344 g/mol. The monoisotopic (exact) mass is 344 g/mol. The molecule has 3 rings (SSSR count). The third-order valence-corrected chi connectivity index (χ3v) is 5.34. The zero-order valence-corrected chi connectivity index (χ0v) is 14.9. The second kappa shape index (κ2) is 6.38. The van der Waals surface area contributed by atoms with Gasteiger partial charge in [-0.05, 0) is 32.9 Å². The summed E-state index contributed by atoms with van der Waals surface area (Å²) in [6.07, 6.45) is 3.97. The molecule has 1 N–H and O–H groups in total. The molecule has 0 spiro atoms. The molecule has 7 nitrogen and oxygen atoms in total. The lowest BCUT2D eigenvalue weighted by Gasteiger charge is -2.39. The first-order chi connectivity index (χ1) is 11.9. The molecule has 7 heteroatoms. The summed E-state index contributed by atoms with van der Waals surface area (Å²) in [5, 5.41) is 13.9. The molecular formula is C18H24N4O3. The van der Waals surface area contributed by atoms with Crippen molar-refractivity contribution in [3.05, 3.63) is 41.5 Å². The van der Waals surface area contributed by atoms with E-state index in [0.717, 1.165) is 17.9 Å². The second-order valence-corrected chi connectivity index (χ2v) is 6.61. The van der Waals surface area contributed by atoms with Gasteiger partial charge in [-0.25, -0.2) is 4.79 Å². The van der Waals surface area contributed by atoms with Gasteiger partial charge < -0.3 is 14.6 Å². The molecule has 0 saturated carbocycles. The lowest BCUT2D eigenvalue weighted by Crippen LogP contribution is -2.52. The predicted octanol–water partition coefficient (Wildman–Crippen LogP) is 2.04. The number of carbonyl (C=O) groups excluding carboxylic acids is 1. The van der Waals surface area contributed by atoms with E-state index in [-0.39, 0.29) is 5.91 Å². The lowest BCUT2D eigenvalue weighted by molar-refractivity contribution is -0.150. The van der Waals surface area contributed by atoms with Crippen LogP contribution < -0.4 is 0 Å². The van der Waals surface area contributed by atoms with Crippen LogP contribution in [0.25, 0.3) is 0 Å². The Kier molecular flexibility index (Phi) is 4.41. The average Bonchev–Trinajstić information content (AvgIpc) is 3.23. The van der Waals surface area contributed by atoms with Gasteiger partial charge >= 0.3 is 5.97 Å². The second-order valence-electron chi connectivity index (χ2n) is 6.61. The van der Waals surface area contributed by atoms with Gasteiger partial charge in [-0.1, -0.05) is 0 Å². The third kappa shape index (κ3) is 2.73. The van der Waals surface area contributed by atoms with Gasteiger partial charge in [0.15, 0.2) is 5.54 Å². The summed E-state index contributed by atoms with van der Waals surface area (Å²) < 4.78 is 3.63. The van der Waals surface area contributed by atoms with Crippen LogP contribution in [0.15, 0.2) is 24.5 Å². The SMILES string of the molecule is CCn1c(C)cc(C(=O)N2CCC(C(=O)O)(n3cccn3)CC2)c1C. The highest BCUT2D eigenvalue weighted by Crippen LogP contribution is 2.31. The van der Waals surface area contributed by atoms with Crippen molar-refractivity contribution in [2.24, 2.45) is 0 Å². The standard InChI is InChI=1S/C18H24N4O3/c1-4-21-13(2)12-15(14(21)3)16(23)20-10-6-18(7-11-20,17(24)25)22-9-5-8-19-22/h5,8-9,12H,4,6-7,10-11H2,1-3H3,(H,24,25). The Balaban J connectivity index is 1.80. The summed E-state index contributed by atoms with van der Waals surface area (Å²) in [5.41, 5.74) is 1.67.